The maximum atomic E-state index is 12.3. The van der Waals surface area contributed by atoms with Gasteiger partial charge < -0.3 is 20.3 Å². The minimum absolute atomic E-state index is 0.0540. The number of carbonyl (C=O) groups is 2. The van der Waals surface area contributed by atoms with Gasteiger partial charge in [-0.15, -0.1) is 0 Å². The van der Waals surface area contributed by atoms with Gasteiger partial charge in [-0.25, -0.2) is 0 Å². The molecule has 2 heterocycles. The Morgan fingerprint density at radius 1 is 1.27 bits per heavy atom. The summed E-state index contributed by atoms with van der Waals surface area (Å²) >= 11 is 0. The molecule has 0 aromatic heterocycles. The van der Waals surface area contributed by atoms with Crippen molar-refractivity contribution in [1.82, 2.24) is 20.4 Å². The van der Waals surface area contributed by atoms with Crippen LogP contribution in [0.3, 0.4) is 0 Å². The van der Waals surface area contributed by atoms with E-state index in [-0.39, 0.29) is 23.9 Å². The Morgan fingerprint density at radius 2 is 2.00 bits per heavy atom. The topological polar surface area (TPSA) is 73.9 Å². The van der Waals surface area contributed by atoms with E-state index in [1.165, 1.54) is 0 Å². The molecule has 2 N–H and O–H groups in total. The number of carbonyl (C=O) groups excluding carboxylic acids is 2. The molecule has 0 aliphatic carbocycles. The van der Waals surface area contributed by atoms with Gasteiger partial charge in [-0.3, -0.25) is 14.5 Å². The molecule has 0 aromatic rings. The largest absolute Gasteiger partial charge is 0.378 e. The number of hydrogen-bond acceptors (Lipinski definition) is 5. The minimum atomic E-state index is 0.0540. The lowest BCUT2D eigenvalue weighted by Crippen LogP contribution is -2.53. The quantitative estimate of drug-likeness (QED) is 0.684. The van der Waals surface area contributed by atoms with Gasteiger partial charge in [0.15, 0.2) is 0 Å². The molecular weight excluding hydrogens is 284 g/mol. The number of morpholine rings is 1. The Bertz CT molecular complexity index is 375. The molecule has 2 aliphatic rings. The second-order valence-corrected chi connectivity index (χ2v) is 6.31. The molecule has 0 saturated carbocycles. The van der Waals surface area contributed by atoms with Crippen LogP contribution in [0.1, 0.15) is 20.3 Å². The van der Waals surface area contributed by atoms with Crippen LogP contribution in [0.15, 0.2) is 0 Å². The molecule has 0 radical (unpaired) electrons. The van der Waals surface area contributed by atoms with Gasteiger partial charge in [0, 0.05) is 51.2 Å². The maximum absolute atomic E-state index is 12.3. The molecule has 2 rings (SSSR count). The van der Waals surface area contributed by atoms with E-state index in [0.29, 0.717) is 32.7 Å². The normalized spacial score (nSPS) is 23.6. The molecule has 0 aromatic carbocycles. The van der Waals surface area contributed by atoms with Crippen molar-refractivity contribution in [2.75, 3.05) is 52.5 Å². The standard InChI is InChI=1S/C15H28N4O3/c1-12(2)17-14(20)10-18-4-6-19(7-5-18)15(21)9-13-11-22-8-3-16-13/h12-13,16H,3-11H2,1-2H3,(H,17,20). The molecule has 7 nitrogen and oxygen atoms in total. The van der Waals surface area contributed by atoms with Crippen molar-refractivity contribution >= 4 is 11.8 Å². The van der Waals surface area contributed by atoms with Gasteiger partial charge in [0.25, 0.3) is 0 Å². The van der Waals surface area contributed by atoms with E-state index >= 15 is 0 Å². The third-order valence-electron chi connectivity index (χ3n) is 3.96. The average Bonchev–Trinajstić information content (AvgIpc) is 2.48. The van der Waals surface area contributed by atoms with Crippen LogP contribution in [0.2, 0.25) is 0 Å². The summed E-state index contributed by atoms with van der Waals surface area (Å²) in [6, 6.07) is 0.302. The van der Waals surface area contributed by atoms with Crippen molar-refractivity contribution in [3.05, 3.63) is 0 Å². The van der Waals surface area contributed by atoms with Gasteiger partial charge in [-0.05, 0) is 13.8 Å². The summed E-state index contributed by atoms with van der Waals surface area (Å²) in [5, 5.41) is 6.20. The summed E-state index contributed by atoms with van der Waals surface area (Å²) < 4.78 is 5.38. The Hall–Kier alpha value is -1.18. The van der Waals surface area contributed by atoms with Gasteiger partial charge in [-0.2, -0.15) is 0 Å². The highest BCUT2D eigenvalue weighted by Gasteiger charge is 2.25. The SMILES string of the molecule is CC(C)NC(=O)CN1CCN(C(=O)CC2COCCN2)CC1. The van der Waals surface area contributed by atoms with Gasteiger partial charge in [0.05, 0.1) is 19.8 Å². The molecule has 7 heteroatoms. The third kappa shape index (κ3) is 5.55. The van der Waals surface area contributed by atoms with Gasteiger partial charge in [0.2, 0.25) is 11.8 Å². The first-order valence-electron chi connectivity index (χ1n) is 8.15. The maximum Gasteiger partial charge on any atom is 0.234 e. The van der Waals surface area contributed by atoms with E-state index in [1.807, 2.05) is 18.7 Å². The van der Waals surface area contributed by atoms with Crippen LogP contribution in [0.4, 0.5) is 0 Å². The predicted octanol–water partition coefficient (Wildman–Crippen LogP) is -0.966. The molecule has 2 saturated heterocycles. The van der Waals surface area contributed by atoms with Crippen LogP contribution in [-0.4, -0.2) is 86.2 Å². The summed E-state index contributed by atoms with van der Waals surface area (Å²) in [4.78, 5) is 28.0. The Kier molecular flexibility index (Phi) is 6.60. The highest BCUT2D eigenvalue weighted by molar-refractivity contribution is 5.78. The molecule has 126 valence electrons. The van der Waals surface area contributed by atoms with Gasteiger partial charge >= 0.3 is 0 Å². The third-order valence-corrected chi connectivity index (χ3v) is 3.96. The summed E-state index contributed by atoms with van der Waals surface area (Å²) in [6.45, 7) is 9.38. The number of ether oxygens (including phenoxy) is 1. The fourth-order valence-corrected chi connectivity index (χ4v) is 2.82. The Labute approximate surface area is 132 Å². The Morgan fingerprint density at radius 3 is 2.59 bits per heavy atom. The van der Waals surface area contributed by atoms with Gasteiger partial charge in [0.1, 0.15) is 0 Å². The van der Waals surface area contributed by atoms with Gasteiger partial charge in [-0.1, -0.05) is 0 Å². The zero-order chi connectivity index (χ0) is 15.9. The van der Waals surface area contributed by atoms with E-state index in [2.05, 4.69) is 15.5 Å². The van der Waals surface area contributed by atoms with Crippen molar-refractivity contribution in [3.63, 3.8) is 0 Å². The number of nitrogens with one attached hydrogen (secondary N) is 2. The molecular formula is C15H28N4O3. The predicted molar refractivity (Wildman–Crippen MR) is 83.5 cm³/mol. The fraction of sp³-hybridized carbons (Fsp3) is 0.867. The zero-order valence-electron chi connectivity index (χ0n) is 13.6. The molecule has 2 amide bonds. The molecule has 2 aliphatic heterocycles. The lowest BCUT2D eigenvalue weighted by atomic mass is 10.1. The number of rotatable bonds is 5. The monoisotopic (exact) mass is 312 g/mol. The summed E-state index contributed by atoms with van der Waals surface area (Å²) in [5.74, 6) is 0.229. The number of hydrogen-bond donors (Lipinski definition) is 2. The fourth-order valence-electron chi connectivity index (χ4n) is 2.82. The highest BCUT2D eigenvalue weighted by atomic mass is 16.5. The Balaban J connectivity index is 1.67. The number of piperazine rings is 1. The second-order valence-electron chi connectivity index (χ2n) is 6.31. The first kappa shape index (κ1) is 17.2. The van der Waals surface area contributed by atoms with Crippen LogP contribution < -0.4 is 10.6 Å². The van der Waals surface area contributed by atoms with Crippen molar-refractivity contribution < 1.29 is 14.3 Å². The highest BCUT2D eigenvalue weighted by Crippen LogP contribution is 2.07. The summed E-state index contributed by atoms with van der Waals surface area (Å²) in [5.41, 5.74) is 0. The van der Waals surface area contributed by atoms with Crippen molar-refractivity contribution in [2.45, 2.75) is 32.4 Å². The van der Waals surface area contributed by atoms with Crippen molar-refractivity contribution in [1.29, 1.82) is 0 Å². The molecule has 2 fully saturated rings. The smallest absolute Gasteiger partial charge is 0.234 e. The molecule has 1 unspecified atom stereocenters. The van der Waals surface area contributed by atoms with Crippen LogP contribution in [-0.2, 0) is 14.3 Å². The van der Waals surface area contributed by atoms with Crippen LogP contribution in [0.25, 0.3) is 0 Å². The first-order chi connectivity index (χ1) is 10.5. The van der Waals surface area contributed by atoms with Crippen molar-refractivity contribution in [2.24, 2.45) is 0 Å². The van der Waals surface area contributed by atoms with Crippen LogP contribution in [0, 0.1) is 0 Å². The first-order valence-corrected chi connectivity index (χ1v) is 8.15. The molecule has 22 heavy (non-hydrogen) atoms. The van der Waals surface area contributed by atoms with E-state index in [9.17, 15) is 9.59 Å². The molecule has 0 spiro atoms. The van der Waals surface area contributed by atoms with E-state index in [4.69, 9.17) is 4.74 Å². The molecule has 1 atom stereocenters. The summed E-state index contributed by atoms with van der Waals surface area (Å²) in [6.07, 6.45) is 0.494. The number of amides is 2. The van der Waals surface area contributed by atoms with E-state index < -0.39 is 0 Å². The minimum Gasteiger partial charge on any atom is -0.378 e. The lowest BCUT2D eigenvalue weighted by molar-refractivity contribution is -0.134. The molecule has 0 bridgehead atoms. The van der Waals surface area contributed by atoms with E-state index in [1.54, 1.807) is 0 Å². The average molecular weight is 312 g/mol. The van der Waals surface area contributed by atoms with Crippen molar-refractivity contribution in [3.8, 4) is 0 Å². The summed E-state index contributed by atoms with van der Waals surface area (Å²) in [7, 11) is 0. The zero-order valence-corrected chi connectivity index (χ0v) is 13.6. The number of nitrogens with zero attached hydrogens (tertiary/aromatic N) is 2. The van der Waals surface area contributed by atoms with E-state index in [0.717, 1.165) is 26.2 Å². The lowest BCUT2D eigenvalue weighted by Gasteiger charge is -2.35. The van der Waals surface area contributed by atoms with Crippen LogP contribution >= 0.6 is 0 Å². The second kappa shape index (κ2) is 8.45. The van der Waals surface area contributed by atoms with Crippen LogP contribution in [0.5, 0.6) is 0 Å².